The molecule has 0 aromatic carbocycles. The van der Waals surface area contributed by atoms with Gasteiger partial charge in [-0.2, -0.15) is 0 Å². The van der Waals surface area contributed by atoms with Crippen LogP contribution in [0.1, 0.15) is 73.6 Å². The first-order chi connectivity index (χ1) is 9.82. The summed E-state index contributed by atoms with van der Waals surface area (Å²) < 4.78 is 12.7. The zero-order chi connectivity index (χ0) is 16.3. The number of hydrogen-bond donors (Lipinski definition) is 0. The molecule has 1 fully saturated rings. The third kappa shape index (κ3) is 3.25. The van der Waals surface area contributed by atoms with Crippen molar-refractivity contribution < 1.29 is 8.85 Å². The molecule has 0 N–H and O–H groups in total. The van der Waals surface area contributed by atoms with Gasteiger partial charge in [0, 0.05) is 24.8 Å². The minimum Gasteiger partial charge on any atom is -0.397 e. The van der Waals surface area contributed by atoms with Gasteiger partial charge in [0.25, 0.3) is 0 Å². The summed E-state index contributed by atoms with van der Waals surface area (Å²) in [6.07, 6.45) is 6.61. The van der Waals surface area contributed by atoms with Crippen molar-refractivity contribution in [2.75, 3.05) is 14.2 Å². The summed E-state index contributed by atoms with van der Waals surface area (Å²) in [6.45, 7) is 14.1. The van der Waals surface area contributed by atoms with Crippen LogP contribution >= 0.6 is 0 Å². The van der Waals surface area contributed by atoms with Crippen LogP contribution in [-0.4, -0.2) is 22.8 Å². The van der Waals surface area contributed by atoms with E-state index in [9.17, 15) is 0 Å². The first-order valence-electron chi connectivity index (χ1n) is 8.92. The molecule has 0 radical (unpaired) electrons. The van der Waals surface area contributed by atoms with Crippen molar-refractivity contribution in [2.24, 2.45) is 17.8 Å². The standard InChI is InChI=1S/C18H38O2Si/c1-9-15-12-11-13-16(10-2)17(15)21(19-7,20-8)18(5,6)14(3)4/h14-17H,9-13H2,1-8H3. The van der Waals surface area contributed by atoms with Gasteiger partial charge in [-0.3, -0.25) is 0 Å². The monoisotopic (exact) mass is 314 g/mol. The van der Waals surface area contributed by atoms with Crippen LogP contribution in [0.3, 0.4) is 0 Å². The van der Waals surface area contributed by atoms with Crippen LogP contribution < -0.4 is 0 Å². The molecule has 0 aromatic rings. The van der Waals surface area contributed by atoms with Crippen LogP contribution in [0, 0.1) is 17.8 Å². The van der Waals surface area contributed by atoms with Crippen molar-refractivity contribution in [1.29, 1.82) is 0 Å². The second-order valence-electron chi connectivity index (χ2n) is 7.75. The average molecular weight is 315 g/mol. The van der Waals surface area contributed by atoms with Crippen LogP contribution in [0.15, 0.2) is 0 Å². The molecular formula is C18H38O2Si. The highest BCUT2D eigenvalue weighted by atomic mass is 28.4. The maximum atomic E-state index is 6.33. The second kappa shape index (κ2) is 7.61. The molecule has 0 bridgehead atoms. The summed E-state index contributed by atoms with van der Waals surface area (Å²) in [5.41, 5.74) is 0.633. The fourth-order valence-electron chi connectivity index (χ4n) is 4.64. The van der Waals surface area contributed by atoms with Gasteiger partial charge in [0.2, 0.25) is 0 Å². The van der Waals surface area contributed by atoms with Crippen LogP contribution in [-0.2, 0) is 8.85 Å². The molecule has 0 saturated heterocycles. The van der Waals surface area contributed by atoms with Gasteiger partial charge in [-0.15, -0.1) is 0 Å². The van der Waals surface area contributed by atoms with Gasteiger partial charge in [-0.25, -0.2) is 0 Å². The van der Waals surface area contributed by atoms with E-state index < -0.39 is 8.56 Å². The Bertz CT molecular complexity index is 298. The molecule has 0 spiro atoms. The Balaban J connectivity index is 3.33. The highest BCUT2D eigenvalue weighted by Crippen LogP contribution is 2.58. The zero-order valence-corrected chi connectivity index (χ0v) is 16.7. The van der Waals surface area contributed by atoms with Crippen LogP contribution in [0.5, 0.6) is 0 Å². The molecule has 1 saturated carbocycles. The van der Waals surface area contributed by atoms with Gasteiger partial charge in [0.05, 0.1) is 0 Å². The minimum absolute atomic E-state index is 0.124. The average Bonchev–Trinajstić information content (AvgIpc) is 2.48. The van der Waals surface area contributed by atoms with E-state index in [1.54, 1.807) is 0 Å². The number of rotatable bonds is 7. The zero-order valence-electron chi connectivity index (χ0n) is 15.7. The second-order valence-corrected chi connectivity index (χ2v) is 11.9. The van der Waals surface area contributed by atoms with E-state index in [-0.39, 0.29) is 5.04 Å². The van der Waals surface area contributed by atoms with E-state index in [0.29, 0.717) is 11.5 Å². The molecule has 21 heavy (non-hydrogen) atoms. The summed E-state index contributed by atoms with van der Waals surface area (Å²) in [5.74, 6) is 2.11. The van der Waals surface area contributed by atoms with Crippen molar-refractivity contribution in [3.8, 4) is 0 Å². The first kappa shape index (κ1) is 19.2. The molecule has 2 atom stereocenters. The third-order valence-electron chi connectivity index (χ3n) is 6.60. The summed E-state index contributed by atoms with van der Waals surface area (Å²) in [4.78, 5) is 0. The maximum absolute atomic E-state index is 6.33. The molecule has 2 nitrogen and oxygen atoms in total. The summed E-state index contributed by atoms with van der Waals surface area (Å²) >= 11 is 0. The molecule has 1 aliphatic rings. The van der Waals surface area contributed by atoms with Gasteiger partial charge in [-0.05, 0) is 17.8 Å². The smallest absolute Gasteiger partial charge is 0.347 e. The fraction of sp³-hybridized carbons (Fsp3) is 1.00. The lowest BCUT2D eigenvalue weighted by Gasteiger charge is -2.54. The SMILES string of the molecule is CCC1CCCC(CC)C1[Si](OC)(OC)C(C)(C)C(C)C. The van der Waals surface area contributed by atoms with Gasteiger partial charge in [0.1, 0.15) is 0 Å². The van der Waals surface area contributed by atoms with Crippen molar-refractivity contribution in [3.05, 3.63) is 0 Å². The van der Waals surface area contributed by atoms with Crippen molar-refractivity contribution in [2.45, 2.75) is 84.2 Å². The quantitative estimate of drug-likeness (QED) is 0.556. The predicted octanol–water partition coefficient (Wildman–Crippen LogP) is 5.76. The van der Waals surface area contributed by atoms with Crippen LogP contribution in [0.2, 0.25) is 10.6 Å². The first-order valence-corrected chi connectivity index (χ1v) is 10.8. The van der Waals surface area contributed by atoms with Gasteiger partial charge in [-0.1, -0.05) is 73.6 Å². The Morgan fingerprint density at radius 1 is 1.00 bits per heavy atom. The van der Waals surface area contributed by atoms with Gasteiger partial charge < -0.3 is 8.85 Å². The summed E-state index contributed by atoms with van der Waals surface area (Å²) in [5, 5.41) is 0.124. The Morgan fingerprint density at radius 2 is 1.43 bits per heavy atom. The van der Waals surface area contributed by atoms with Crippen molar-refractivity contribution in [1.82, 2.24) is 0 Å². The van der Waals surface area contributed by atoms with E-state index in [1.807, 2.05) is 14.2 Å². The van der Waals surface area contributed by atoms with Crippen molar-refractivity contribution >= 4 is 8.56 Å². The molecule has 1 aliphatic carbocycles. The molecule has 2 unspecified atom stereocenters. The summed E-state index contributed by atoms with van der Waals surface area (Å²) in [7, 11) is 1.52. The third-order valence-corrected chi connectivity index (χ3v) is 12.0. The lowest BCUT2D eigenvalue weighted by molar-refractivity contribution is 0.127. The number of hydrogen-bond acceptors (Lipinski definition) is 2. The lowest BCUT2D eigenvalue weighted by atomic mass is 9.78. The molecule has 3 heteroatoms. The molecular weight excluding hydrogens is 276 g/mol. The molecule has 0 aliphatic heterocycles. The van der Waals surface area contributed by atoms with Gasteiger partial charge >= 0.3 is 8.56 Å². The maximum Gasteiger partial charge on any atom is 0.347 e. The van der Waals surface area contributed by atoms with E-state index in [0.717, 1.165) is 11.8 Å². The highest BCUT2D eigenvalue weighted by Gasteiger charge is 2.61. The Labute approximate surface area is 134 Å². The molecule has 0 heterocycles. The Hall–Kier alpha value is 0.137. The minimum atomic E-state index is -2.30. The lowest BCUT2D eigenvalue weighted by Crippen LogP contribution is -2.59. The summed E-state index contributed by atoms with van der Waals surface area (Å²) in [6, 6.07) is 0. The topological polar surface area (TPSA) is 18.5 Å². The van der Waals surface area contributed by atoms with Crippen LogP contribution in [0.25, 0.3) is 0 Å². The van der Waals surface area contributed by atoms with Gasteiger partial charge in [0.15, 0.2) is 0 Å². The Kier molecular flexibility index (Phi) is 6.95. The van der Waals surface area contributed by atoms with Crippen LogP contribution in [0.4, 0.5) is 0 Å². The predicted molar refractivity (Wildman–Crippen MR) is 93.8 cm³/mol. The molecule has 0 amide bonds. The van der Waals surface area contributed by atoms with Crippen molar-refractivity contribution in [3.63, 3.8) is 0 Å². The molecule has 0 aromatic heterocycles. The molecule has 1 rings (SSSR count). The Morgan fingerprint density at radius 3 is 1.71 bits per heavy atom. The van der Waals surface area contributed by atoms with E-state index in [2.05, 4.69) is 41.5 Å². The fourth-order valence-corrected chi connectivity index (χ4v) is 10.1. The largest absolute Gasteiger partial charge is 0.397 e. The van der Waals surface area contributed by atoms with E-state index >= 15 is 0 Å². The highest BCUT2D eigenvalue weighted by molar-refractivity contribution is 6.72. The molecule has 126 valence electrons. The normalized spacial score (nSPS) is 28.1. The van der Waals surface area contributed by atoms with E-state index in [4.69, 9.17) is 8.85 Å². The van der Waals surface area contributed by atoms with E-state index in [1.165, 1.54) is 32.1 Å².